The van der Waals surface area contributed by atoms with Crippen molar-refractivity contribution >= 4 is 33.2 Å². The summed E-state index contributed by atoms with van der Waals surface area (Å²) in [5, 5.41) is 11.8. The second-order valence-corrected chi connectivity index (χ2v) is 6.80. The Kier molecular flexibility index (Phi) is 5.14. The Morgan fingerprint density at radius 3 is 3.09 bits per heavy atom. The lowest BCUT2D eigenvalue weighted by Gasteiger charge is -2.02. The monoisotopic (exact) mass is 391 g/mol. The van der Waals surface area contributed by atoms with Gasteiger partial charge in [0, 0.05) is 33.9 Å². The van der Waals surface area contributed by atoms with Gasteiger partial charge >= 0.3 is 0 Å². The highest BCUT2D eigenvalue weighted by Gasteiger charge is 2.10. The minimum atomic E-state index is -0.0726. The summed E-state index contributed by atoms with van der Waals surface area (Å²) in [5.41, 5.74) is 0.792. The number of aromatic amines is 1. The van der Waals surface area contributed by atoms with Crippen LogP contribution in [0.2, 0.25) is 0 Å². The molecule has 3 heterocycles. The number of rotatable bonds is 6. The van der Waals surface area contributed by atoms with Gasteiger partial charge < -0.3 is 5.32 Å². The number of amides is 1. The number of nitrogens with one attached hydrogen (secondary N) is 2. The molecule has 0 radical (unpaired) electrons. The van der Waals surface area contributed by atoms with Crippen LogP contribution in [0.3, 0.4) is 0 Å². The van der Waals surface area contributed by atoms with Crippen molar-refractivity contribution in [3.05, 3.63) is 51.1 Å². The lowest BCUT2D eigenvalue weighted by Crippen LogP contribution is -2.27. The van der Waals surface area contributed by atoms with Crippen LogP contribution in [-0.2, 0) is 17.6 Å². The van der Waals surface area contributed by atoms with Crippen molar-refractivity contribution in [3.63, 3.8) is 0 Å². The first kappa shape index (κ1) is 15.8. The fourth-order valence-corrected chi connectivity index (χ4v) is 3.11. The maximum atomic E-state index is 11.9. The molecular formula is C15H14BrN5OS. The third-order valence-electron chi connectivity index (χ3n) is 3.10. The standard InChI is InChI=1S/C15H14BrN5OS/c16-11-6-10(8-17-9-11)15-19-13(20-21-15)7-14(22)18-4-3-12-2-1-5-23-12/h1-2,5-6,8-9H,3-4,7H2,(H,18,22)(H,19,20,21). The molecule has 0 aliphatic carbocycles. The van der Waals surface area contributed by atoms with Crippen molar-refractivity contribution in [2.75, 3.05) is 6.54 Å². The molecule has 6 nitrogen and oxygen atoms in total. The Hall–Kier alpha value is -2.06. The third kappa shape index (κ3) is 4.46. The van der Waals surface area contributed by atoms with Crippen LogP contribution in [0.25, 0.3) is 11.4 Å². The van der Waals surface area contributed by atoms with Gasteiger partial charge in [-0.15, -0.1) is 11.3 Å². The number of carbonyl (C=O) groups excluding carboxylic acids is 1. The summed E-state index contributed by atoms with van der Waals surface area (Å²) in [6.07, 6.45) is 4.39. The van der Waals surface area contributed by atoms with Crippen LogP contribution in [0.5, 0.6) is 0 Å². The predicted octanol–water partition coefficient (Wildman–Crippen LogP) is 2.59. The van der Waals surface area contributed by atoms with Gasteiger partial charge in [0.25, 0.3) is 0 Å². The summed E-state index contributed by atoms with van der Waals surface area (Å²) in [7, 11) is 0. The molecule has 0 spiro atoms. The highest BCUT2D eigenvalue weighted by Crippen LogP contribution is 2.18. The zero-order chi connectivity index (χ0) is 16.1. The van der Waals surface area contributed by atoms with E-state index in [2.05, 4.69) is 47.5 Å². The maximum Gasteiger partial charge on any atom is 0.227 e. The molecule has 0 aliphatic heterocycles. The Bertz CT molecular complexity index is 787. The molecule has 0 bridgehead atoms. The first-order chi connectivity index (χ1) is 11.2. The number of aromatic nitrogens is 4. The van der Waals surface area contributed by atoms with Gasteiger partial charge in [-0.25, -0.2) is 4.98 Å². The second-order valence-electron chi connectivity index (χ2n) is 4.85. The quantitative estimate of drug-likeness (QED) is 0.676. The van der Waals surface area contributed by atoms with E-state index < -0.39 is 0 Å². The Morgan fingerprint density at radius 2 is 2.30 bits per heavy atom. The Balaban J connectivity index is 1.53. The average molecular weight is 392 g/mol. The number of halogens is 1. The van der Waals surface area contributed by atoms with Crippen LogP contribution in [0.4, 0.5) is 0 Å². The molecule has 0 fully saturated rings. The third-order valence-corrected chi connectivity index (χ3v) is 4.47. The van der Waals surface area contributed by atoms with Crippen molar-refractivity contribution in [1.82, 2.24) is 25.5 Å². The normalized spacial score (nSPS) is 10.7. The summed E-state index contributed by atoms with van der Waals surface area (Å²) in [6, 6.07) is 5.95. The summed E-state index contributed by atoms with van der Waals surface area (Å²) in [4.78, 5) is 21.6. The summed E-state index contributed by atoms with van der Waals surface area (Å²) in [5.74, 6) is 0.991. The maximum absolute atomic E-state index is 11.9. The zero-order valence-electron chi connectivity index (χ0n) is 12.1. The smallest absolute Gasteiger partial charge is 0.227 e. The van der Waals surface area contributed by atoms with Gasteiger partial charge in [-0.05, 0) is 39.9 Å². The van der Waals surface area contributed by atoms with Crippen LogP contribution in [0.1, 0.15) is 10.7 Å². The van der Waals surface area contributed by atoms with Gasteiger partial charge in [-0.2, -0.15) is 5.10 Å². The number of thiophene rings is 1. The topological polar surface area (TPSA) is 83.6 Å². The molecule has 3 rings (SSSR count). The molecule has 0 aliphatic rings. The minimum Gasteiger partial charge on any atom is -0.355 e. The van der Waals surface area contributed by atoms with Crippen LogP contribution < -0.4 is 5.32 Å². The SMILES string of the molecule is O=C(Cc1nc(-c2cncc(Br)c2)n[nH]1)NCCc1cccs1. The van der Waals surface area contributed by atoms with E-state index in [1.807, 2.05) is 17.5 Å². The van der Waals surface area contributed by atoms with Gasteiger partial charge in [0.15, 0.2) is 5.82 Å². The molecule has 1 amide bonds. The largest absolute Gasteiger partial charge is 0.355 e. The number of nitrogens with zero attached hydrogens (tertiary/aromatic N) is 3. The lowest BCUT2D eigenvalue weighted by atomic mass is 10.3. The lowest BCUT2D eigenvalue weighted by molar-refractivity contribution is -0.120. The van der Waals surface area contributed by atoms with Crippen LogP contribution >= 0.6 is 27.3 Å². The average Bonchev–Trinajstić information content (AvgIpc) is 3.19. The fraction of sp³-hybridized carbons (Fsp3) is 0.200. The minimum absolute atomic E-state index is 0.0726. The first-order valence-electron chi connectivity index (χ1n) is 7.02. The molecule has 2 N–H and O–H groups in total. The summed E-state index contributed by atoms with van der Waals surface area (Å²) >= 11 is 5.05. The molecular weight excluding hydrogens is 378 g/mol. The number of carbonyl (C=O) groups is 1. The number of hydrogen-bond donors (Lipinski definition) is 2. The molecule has 3 aromatic rings. The molecule has 23 heavy (non-hydrogen) atoms. The molecule has 8 heteroatoms. The van der Waals surface area contributed by atoms with Crippen molar-refractivity contribution in [2.24, 2.45) is 0 Å². The molecule has 0 unspecified atom stereocenters. The van der Waals surface area contributed by atoms with E-state index in [-0.39, 0.29) is 12.3 Å². The number of hydrogen-bond acceptors (Lipinski definition) is 5. The van der Waals surface area contributed by atoms with Crippen molar-refractivity contribution in [1.29, 1.82) is 0 Å². The van der Waals surface area contributed by atoms with E-state index in [0.29, 0.717) is 18.2 Å². The molecule has 0 aromatic carbocycles. The van der Waals surface area contributed by atoms with Crippen molar-refractivity contribution in [2.45, 2.75) is 12.8 Å². The highest BCUT2D eigenvalue weighted by atomic mass is 79.9. The fourth-order valence-electron chi connectivity index (χ4n) is 2.03. The van der Waals surface area contributed by atoms with Gasteiger partial charge in [-0.3, -0.25) is 14.9 Å². The van der Waals surface area contributed by atoms with E-state index in [9.17, 15) is 4.79 Å². The van der Waals surface area contributed by atoms with Gasteiger partial charge in [0.2, 0.25) is 5.91 Å². The van der Waals surface area contributed by atoms with Gasteiger partial charge in [0.1, 0.15) is 5.82 Å². The number of pyridine rings is 1. The molecule has 118 valence electrons. The second kappa shape index (κ2) is 7.47. The van der Waals surface area contributed by atoms with Crippen LogP contribution in [0, 0.1) is 0 Å². The van der Waals surface area contributed by atoms with Crippen molar-refractivity contribution in [3.8, 4) is 11.4 Å². The number of H-pyrrole nitrogens is 1. The van der Waals surface area contributed by atoms with Gasteiger partial charge in [0.05, 0.1) is 6.42 Å². The van der Waals surface area contributed by atoms with E-state index in [1.165, 1.54) is 4.88 Å². The molecule has 0 atom stereocenters. The zero-order valence-corrected chi connectivity index (χ0v) is 14.5. The van der Waals surface area contributed by atoms with Gasteiger partial charge in [-0.1, -0.05) is 6.07 Å². The Morgan fingerprint density at radius 1 is 1.39 bits per heavy atom. The van der Waals surface area contributed by atoms with Crippen LogP contribution in [0.15, 0.2) is 40.4 Å². The van der Waals surface area contributed by atoms with Crippen molar-refractivity contribution < 1.29 is 4.79 Å². The molecule has 0 saturated heterocycles. The van der Waals surface area contributed by atoms with E-state index >= 15 is 0 Å². The first-order valence-corrected chi connectivity index (χ1v) is 8.69. The molecule has 3 aromatic heterocycles. The predicted molar refractivity (Wildman–Crippen MR) is 92.1 cm³/mol. The summed E-state index contributed by atoms with van der Waals surface area (Å²) < 4.78 is 0.854. The van der Waals surface area contributed by atoms with E-state index in [1.54, 1.807) is 23.7 Å². The van der Waals surface area contributed by atoms with Crippen LogP contribution in [-0.4, -0.2) is 32.6 Å². The summed E-state index contributed by atoms with van der Waals surface area (Å²) in [6.45, 7) is 0.621. The van der Waals surface area contributed by atoms with E-state index in [0.717, 1.165) is 16.5 Å². The molecule has 0 saturated carbocycles. The van der Waals surface area contributed by atoms with E-state index in [4.69, 9.17) is 0 Å². The highest BCUT2D eigenvalue weighted by molar-refractivity contribution is 9.10. The Labute approximate surface area is 145 Å².